The number of anilines is 2. The number of ether oxygens (including phenoxy) is 1. The molecule has 12 heteroatoms. The van der Waals surface area contributed by atoms with Crippen molar-refractivity contribution in [1.82, 2.24) is 4.98 Å². The summed E-state index contributed by atoms with van der Waals surface area (Å²) in [5.74, 6) is -4.34. The number of carbonyl (C=O) groups excluding carboxylic acids is 1. The molecule has 0 aliphatic heterocycles. The molecule has 1 aromatic carbocycles. The van der Waals surface area contributed by atoms with Crippen LogP contribution in [0.4, 0.5) is 33.5 Å². The molecular weight excluding hydrogens is 503 g/mol. The van der Waals surface area contributed by atoms with E-state index in [4.69, 9.17) is 10.1 Å². The van der Waals surface area contributed by atoms with Crippen molar-refractivity contribution in [2.24, 2.45) is 11.8 Å². The van der Waals surface area contributed by atoms with Gasteiger partial charge in [0.15, 0.2) is 5.82 Å². The Bertz CT molecular complexity index is 1180. The Morgan fingerprint density at radius 3 is 2.53 bits per heavy atom. The van der Waals surface area contributed by atoms with Crippen LogP contribution in [0.5, 0.6) is 0 Å². The van der Waals surface area contributed by atoms with Crippen LogP contribution in [-0.2, 0) is 4.74 Å². The Hall–Kier alpha value is -3.02. The minimum absolute atomic E-state index is 0.0706. The van der Waals surface area contributed by atoms with Crippen LogP contribution in [-0.4, -0.2) is 41.7 Å². The predicted octanol–water partition coefficient (Wildman–Crippen LogP) is 6.27. The SMILES string of the molecule is CNc1[nH]cc(C(=O)c2c(F)ccc(NSC3C=CC(C(F)(F)F)CC3)c2F)c1C(=N)OCC1CC1. The lowest BCUT2D eigenvalue weighted by Gasteiger charge is -2.24. The van der Waals surface area contributed by atoms with Gasteiger partial charge >= 0.3 is 6.18 Å². The number of allylic oxidation sites excluding steroid dienone is 1. The van der Waals surface area contributed by atoms with Gasteiger partial charge in [0.1, 0.15) is 11.6 Å². The molecule has 4 N–H and O–H groups in total. The van der Waals surface area contributed by atoms with E-state index in [9.17, 15) is 22.4 Å². The van der Waals surface area contributed by atoms with E-state index in [1.165, 1.54) is 12.3 Å². The molecule has 1 fully saturated rings. The van der Waals surface area contributed by atoms with Crippen LogP contribution in [0.3, 0.4) is 0 Å². The summed E-state index contributed by atoms with van der Waals surface area (Å²) in [5.41, 5.74) is -1.05. The van der Waals surface area contributed by atoms with Crippen molar-refractivity contribution >= 4 is 35.1 Å². The average molecular weight is 529 g/mol. The predicted molar refractivity (Wildman–Crippen MR) is 129 cm³/mol. The van der Waals surface area contributed by atoms with Gasteiger partial charge in [-0.3, -0.25) is 10.2 Å². The van der Waals surface area contributed by atoms with E-state index in [0.717, 1.165) is 43.0 Å². The molecule has 2 aromatic rings. The molecule has 0 bridgehead atoms. The quantitative estimate of drug-likeness (QED) is 0.0769. The maximum atomic E-state index is 15.3. The summed E-state index contributed by atoms with van der Waals surface area (Å²) < 4.78 is 76.7. The molecule has 2 unspecified atom stereocenters. The van der Waals surface area contributed by atoms with Gasteiger partial charge in [0.2, 0.25) is 11.7 Å². The number of benzene rings is 1. The third-order valence-corrected chi connectivity index (χ3v) is 7.17. The molecule has 1 saturated carbocycles. The van der Waals surface area contributed by atoms with Gasteiger partial charge < -0.3 is 19.8 Å². The number of nitrogens with one attached hydrogen (secondary N) is 4. The fourth-order valence-electron chi connectivity index (χ4n) is 3.87. The largest absolute Gasteiger partial charge is 0.477 e. The highest BCUT2D eigenvalue weighted by Crippen LogP contribution is 2.37. The van der Waals surface area contributed by atoms with Crippen LogP contribution in [0, 0.1) is 28.9 Å². The van der Waals surface area contributed by atoms with E-state index < -0.39 is 35.1 Å². The maximum Gasteiger partial charge on any atom is 0.395 e. The highest BCUT2D eigenvalue weighted by atomic mass is 32.2. The number of hydrogen-bond donors (Lipinski definition) is 4. The Kier molecular flexibility index (Phi) is 7.62. The summed E-state index contributed by atoms with van der Waals surface area (Å²) in [6.07, 6.45) is 1.58. The van der Waals surface area contributed by atoms with E-state index >= 15 is 4.39 Å². The molecule has 2 atom stereocenters. The van der Waals surface area contributed by atoms with E-state index in [-0.39, 0.29) is 40.8 Å². The van der Waals surface area contributed by atoms with Gasteiger partial charge in [-0.2, -0.15) is 13.2 Å². The van der Waals surface area contributed by atoms with E-state index in [1.54, 1.807) is 7.05 Å². The van der Waals surface area contributed by atoms with Crippen LogP contribution in [0.2, 0.25) is 0 Å². The first-order valence-corrected chi connectivity index (χ1v) is 12.3. The highest BCUT2D eigenvalue weighted by Gasteiger charge is 2.39. The smallest absolute Gasteiger partial charge is 0.395 e. The lowest BCUT2D eigenvalue weighted by molar-refractivity contribution is -0.163. The first-order chi connectivity index (χ1) is 17.1. The molecule has 36 heavy (non-hydrogen) atoms. The van der Waals surface area contributed by atoms with Crippen molar-refractivity contribution < 1.29 is 31.5 Å². The molecule has 0 radical (unpaired) electrons. The molecule has 6 nitrogen and oxygen atoms in total. The summed E-state index contributed by atoms with van der Waals surface area (Å²) in [6, 6.07) is 2.06. The summed E-state index contributed by atoms with van der Waals surface area (Å²) in [5, 5.41) is 10.7. The number of aromatic amines is 1. The number of rotatable bonds is 9. The van der Waals surface area contributed by atoms with E-state index in [0.29, 0.717) is 18.3 Å². The Morgan fingerprint density at radius 1 is 1.17 bits per heavy atom. The molecule has 4 rings (SSSR count). The second kappa shape index (κ2) is 10.5. The fourth-order valence-corrected chi connectivity index (χ4v) is 4.73. The fraction of sp³-hybridized carbons (Fsp3) is 0.417. The second-order valence-electron chi connectivity index (χ2n) is 8.77. The molecule has 2 aliphatic rings. The first-order valence-electron chi connectivity index (χ1n) is 11.4. The van der Waals surface area contributed by atoms with Crippen LogP contribution in [0.25, 0.3) is 0 Å². The molecule has 2 aliphatic carbocycles. The number of alkyl halides is 3. The third kappa shape index (κ3) is 5.69. The van der Waals surface area contributed by atoms with Crippen molar-refractivity contribution in [3.63, 3.8) is 0 Å². The minimum Gasteiger partial charge on any atom is -0.477 e. The van der Waals surface area contributed by atoms with Gasteiger partial charge in [-0.05, 0) is 55.7 Å². The van der Waals surface area contributed by atoms with Crippen LogP contribution in [0.1, 0.15) is 47.2 Å². The van der Waals surface area contributed by atoms with Crippen molar-refractivity contribution in [1.29, 1.82) is 5.41 Å². The lowest BCUT2D eigenvalue weighted by atomic mass is 9.95. The van der Waals surface area contributed by atoms with Crippen molar-refractivity contribution in [3.05, 3.63) is 58.8 Å². The van der Waals surface area contributed by atoms with Crippen LogP contribution < -0.4 is 10.0 Å². The maximum absolute atomic E-state index is 15.3. The third-order valence-electron chi connectivity index (χ3n) is 6.14. The number of halogens is 5. The zero-order chi connectivity index (χ0) is 26.0. The standard InChI is InChI=1S/C24H25F5N4O2S/c1-31-23-18(22(30)35-11-12-2-3-12)15(10-32-23)21(34)19-16(25)8-9-17(20(19)26)33-36-14-6-4-13(5-7-14)24(27,28)29/h4,6,8-10,12-14,30-33H,2-3,5,7,11H2,1H3. The Balaban J connectivity index is 1.53. The Morgan fingerprint density at radius 2 is 1.92 bits per heavy atom. The summed E-state index contributed by atoms with van der Waals surface area (Å²) in [6.45, 7) is 0.319. The molecule has 0 amide bonds. The molecule has 0 saturated heterocycles. The normalized spacial score (nSPS) is 19.7. The lowest BCUT2D eigenvalue weighted by Crippen LogP contribution is -2.25. The van der Waals surface area contributed by atoms with Gasteiger partial charge in [0.05, 0.1) is 34.9 Å². The zero-order valence-corrected chi connectivity index (χ0v) is 20.1. The number of ketones is 1. The second-order valence-corrected chi connectivity index (χ2v) is 9.81. The monoisotopic (exact) mass is 528 g/mol. The molecule has 0 spiro atoms. The Labute approximate surface area is 208 Å². The molecule has 194 valence electrons. The van der Waals surface area contributed by atoms with Gasteiger partial charge in [-0.15, -0.1) is 0 Å². The van der Waals surface area contributed by atoms with Gasteiger partial charge in [0, 0.05) is 18.5 Å². The number of carbonyl (C=O) groups is 1. The van der Waals surface area contributed by atoms with Gasteiger partial charge in [-0.25, -0.2) is 8.78 Å². The summed E-state index contributed by atoms with van der Waals surface area (Å²) in [7, 11) is 1.57. The molecule has 1 aromatic heterocycles. The number of H-pyrrole nitrogens is 1. The van der Waals surface area contributed by atoms with Crippen molar-refractivity contribution in [3.8, 4) is 0 Å². The first kappa shape index (κ1) is 26.1. The van der Waals surface area contributed by atoms with Crippen molar-refractivity contribution in [2.75, 3.05) is 23.7 Å². The van der Waals surface area contributed by atoms with E-state index in [1.807, 2.05) is 0 Å². The summed E-state index contributed by atoms with van der Waals surface area (Å²) >= 11 is 0.982. The topological polar surface area (TPSA) is 90.0 Å². The van der Waals surface area contributed by atoms with Gasteiger partial charge in [0.25, 0.3) is 0 Å². The minimum atomic E-state index is -4.30. The zero-order valence-electron chi connectivity index (χ0n) is 19.3. The van der Waals surface area contributed by atoms with E-state index in [2.05, 4.69) is 15.0 Å². The molecule has 1 heterocycles. The summed E-state index contributed by atoms with van der Waals surface area (Å²) in [4.78, 5) is 16.0. The number of hydrogen-bond acceptors (Lipinski definition) is 6. The average Bonchev–Trinajstić information content (AvgIpc) is 3.57. The number of aromatic nitrogens is 1. The molecular formula is C24H25F5N4O2S. The highest BCUT2D eigenvalue weighted by molar-refractivity contribution is 8.01. The van der Waals surface area contributed by atoms with Crippen molar-refractivity contribution in [2.45, 2.75) is 37.1 Å². The van der Waals surface area contributed by atoms with Gasteiger partial charge in [-0.1, -0.05) is 12.2 Å². The van der Waals surface area contributed by atoms with Crippen LogP contribution in [0.15, 0.2) is 30.5 Å². The van der Waals surface area contributed by atoms with Crippen LogP contribution >= 0.6 is 11.9 Å².